The van der Waals surface area contributed by atoms with Crippen LogP contribution >= 0.6 is 11.3 Å². The number of carbonyl (C=O) groups excluding carboxylic acids is 2. The zero-order valence-electron chi connectivity index (χ0n) is 20.4. The Labute approximate surface area is 209 Å². The largest absolute Gasteiger partial charge is 0.465 e. The van der Waals surface area contributed by atoms with Crippen molar-refractivity contribution in [3.63, 3.8) is 0 Å². The second-order valence-corrected chi connectivity index (χ2v) is 11.1. The predicted octanol–water partition coefficient (Wildman–Crippen LogP) is 3.63. The van der Waals surface area contributed by atoms with Crippen LogP contribution in [-0.4, -0.2) is 88.0 Å². The monoisotopic (exact) mass is 499 g/mol. The minimum atomic E-state index is -1.19. The number of rotatable bonds is 4. The van der Waals surface area contributed by atoms with Crippen molar-refractivity contribution >= 4 is 44.5 Å². The maximum atomic E-state index is 13.6. The first kappa shape index (κ1) is 24.0. The van der Waals surface area contributed by atoms with Gasteiger partial charge in [-0.05, 0) is 64.6 Å². The average Bonchev–Trinajstić information content (AvgIpc) is 3.34. The standard InChI is InChI=1S/C25H33N5O4S/c1-3-28-14-10-25(23(28)32)9-4-11-30(15-25)17-7-12-29(13-8-17)22(31)19-18-6-5-16(2)26-20(18)35-21(19)27-24(33)34/h5-6,17,27H,3-4,7-15H2,1-2H3,(H,33,34). The predicted molar refractivity (Wildman–Crippen MR) is 135 cm³/mol. The Kier molecular flexibility index (Phi) is 6.43. The van der Waals surface area contributed by atoms with Gasteiger partial charge in [0.1, 0.15) is 9.83 Å². The van der Waals surface area contributed by atoms with Gasteiger partial charge in [0.15, 0.2) is 0 Å². The molecule has 9 nitrogen and oxygen atoms in total. The fourth-order valence-corrected chi connectivity index (χ4v) is 7.21. The number of thiophene rings is 1. The van der Waals surface area contributed by atoms with Crippen molar-refractivity contribution in [3.05, 3.63) is 23.4 Å². The highest BCUT2D eigenvalue weighted by molar-refractivity contribution is 7.23. The Morgan fingerprint density at radius 1 is 1.20 bits per heavy atom. The first-order valence-corrected chi connectivity index (χ1v) is 13.4. The maximum absolute atomic E-state index is 13.6. The highest BCUT2D eigenvalue weighted by Crippen LogP contribution is 2.42. The van der Waals surface area contributed by atoms with E-state index in [0.29, 0.717) is 45.8 Å². The molecule has 3 aliphatic heterocycles. The minimum absolute atomic E-state index is 0.149. The average molecular weight is 500 g/mol. The van der Waals surface area contributed by atoms with Crippen LogP contribution in [0, 0.1) is 12.3 Å². The van der Waals surface area contributed by atoms with Crippen LogP contribution < -0.4 is 5.32 Å². The van der Waals surface area contributed by atoms with Gasteiger partial charge in [-0.3, -0.25) is 19.8 Å². The van der Waals surface area contributed by atoms with Gasteiger partial charge < -0.3 is 14.9 Å². The van der Waals surface area contributed by atoms with Crippen LogP contribution in [0.25, 0.3) is 10.2 Å². The van der Waals surface area contributed by atoms with Gasteiger partial charge in [-0.15, -0.1) is 0 Å². The lowest BCUT2D eigenvalue weighted by Gasteiger charge is -2.45. The normalized spacial score (nSPS) is 24.0. The molecule has 10 heteroatoms. The van der Waals surface area contributed by atoms with Crippen LogP contribution in [0.15, 0.2) is 12.1 Å². The molecule has 5 heterocycles. The van der Waals surface area contributed by atoms with Gasteiger partial charge in [-0.2, -0.15) is 0 Å². The number of pyridine rings is 1. The molecular formula is C25H33N5O4S. The number of aryl methyl sites for hydroxylation is 1. The van der Waals surface area contributed by atoms with E-state index in [0.717, 1.165) is 64.0 Å². The van der Waals surface area contributed by atoms with Crippen LogP contribution in [0.4, 0.5) is 9.80 Å². The number of piperidine rings is 2. The molecule has 1 unspecified atom stereocenters. The van der Waals surface area contributed by atoms with E-state index < -0.39 is 6.09 Å². The molecule has 188 valence electrons. The Bertz CT molecular complexity index is 1160. The highest BCUT2D eigenvalue weighted by Gasteiger charge is 2.49. The molecule has 3 aliphatic rings. The number of hydrogen-bond donors (Lipinski definition) is 2. The van der Waals surface area contributed by atoms with Gasteiger partial charge in [0.25, 0.3) is 5.91 Å². The number of anilines is 1. The molecule has 0 radical (unpaired) electrons. The molecule has 35 heavy (non-hydrogen) atoms. The van der Waals surface area contributed by atoms with Gasteiger partial charge in [-0.1, -0.05) is 11.3 Å². The van der Waals surface area contributed by atoms with Crippen LogP contribution in [-0.2, 0) is 4.79 Å². The third-order valence-electron chi connectivity index (χ3n) is 7.99. The molecule has 2 N–H and O–H groups in total. The van der Waals surface area contributed by atoms with E-state index in [1.165, 1.54) is 11.3 Å². The molecule has 2 aromatic rings. The zero-order chi connectivity index (χ0) is 24.7. The molecule has 5 rings (SSSR count). The van der Waals surface area contributed by atoms with Crippen molar-refractivity contribution in [2.45, 2.75) is 52.0 Å². The lowest BCUT2D eigenvalue weighted by atomic mass is 9.77. The summed E-state index contributed by atoms with van der Waals surface area (Å²) in [5.74, 6) is 0.174. The number of amides is 3. The molecule has 0 saturated carbocycles. The SMILES string of the molecule is CCN1CCC2(CCCN(C3CCN(C(=O)c4c(NC(=O)O)sc5nc(C)ccc45)CC3)C2)C1=O. The summed E-state index contributed by atoms with van der Waals surface area (Å²) in [7, 11) is 0. The molecule has 3 amide bonds. The fraction of sp³-hybridized carbons (Fsp3) is 0.600. The van der Waals surface area contributed by atoms with Crippen molar-refractivity contribution in [1.82, 2.24) is 19.7 Å². The summed E-state index contributed by atoms with van der Waals surface area (Å²) in [6.07, 6.45) is 3.49. The Morgan fingerprint density at radius 2 is 1.97 bits per heavy atom. The van der Waals surface area contributed by atoms with Crippen molar-refractivity contribution < 1.29 is 19.5 Å². The Balaban J connectivity index is 1.29. The summed E-state index contributed by atoms with van der Waals surface area (Å²) < 4.78 is 0. The first-order chi connectivity index (χ1) is 16.8. The van der Waals surface area contributed by atoms with Crippen LogP contribution in [0.3, 0.4) is 0 Å². The smallest absolute Gasteiger partial charge is 0.409 e. The number of carboxylic acid groups (broad SMARTS) is 1. The van der Waals surface area contributed by atoms with E-state index >= 15 is 0 Å². The molecule has 1 atom stereocenters. The van der Waals surface area contributed by atoms with Crippen LogP contribution in [0.1, 0.15) is 55.1 Å². The fourth-order valence-electron chi connectivity index (χ4n) is 6.11. The molecule has 1 spiro atoms. The molecule has 3 saturated heterocycles. The quantitative estimate of drug-likeness (QED) is 0.665. The number of fused-ring (bicyclic) bond motifs is 1. The third-order valence-corrected chi connectivity index (χ3v) is 9.00. The minimum Gasteiger partial charge on any atom is -0.465 e. The van der Waals surface area contributed by atoms with E-state index in [4.69, 9.17) is 0 Å². The van der Waals surface area contributed by atoms with Gasteiger partial charge in [-0.25, -0.2) is 9.78 Å². The van der Waals surface area contributed by atoms with E-state index in [1.807, 2.05) is 28.9 Å². The number of carbonyl (C=O) groups is 3. The summed E-state index contributed by atoms with van der Waals surface area (Å²) >= 11 is 1.20. The number of nitrogens with one attached hydrogen (secondary N) is 1. The molecule has 0 bridgehead atoms. The Hall–Kier alpha value is -2.72. The number of hydrogen-bond acceptors (Lipinski definition) is 6. The lowest BCUT2D eigenvalue weighted by molar-refractivity contribution is -0.139. The first-order valence-electron chi connectivity index (χ1n) is 12.5. The van der Waals surface area contributed by atoms with Gasteiger partial charge in [0, 0.05) is 49.8 Å². The highest BCUT2D eigenvalue weighted by atomic mass is 32.1. The summed E-state index contributed by atoms with van der Waals surface area (Å²) in [4.78, 5) is 49.5. The van der Waals surface area contributed by atoms with Crippen molar-refractivity contribution in [3.8, 4) is 0 Å². The third kappa shape index (κ3) is 4.38. The second kappa shape index (κ2) is 9.39. The maximum Gasteiger partial charge on any atom is 0.409 e. The van der Waals surface area contributed by atoms with Crippen LogP contribution in [0.5, 0.6) is 0 Å². The molecule has 3 fully saturated rings. The number of aromatic nitrogens is 1. The molecule has 0 aliphatic carbocycles. The number of likely N-dealkylation sites (tertiary alicyclic amines) is 3. The summed E-state index contributed by atoms with van der Waals surface area (Å²) in [6.45, 7) is 8.64. The van der Waals surface area contributed by atoms with Crippen LogP contribution in [0.2, 0.25) is 0 Å². The molecule has 0 aromatic carbocycles. The van der Waals surface area contributed by atoms with Gasteiger partial charge in [0.2, 0.25) is 5.91 Å². The van der Waals surface area contributed by atoms with Crippen molar-refractivity contribution in [2.75, 3.05) is 44.6 Å². The molecule has 2 aromatic heterocycles. The van der Waals surface area contributed by atoms with Gasteiger partial charge in [0.05, 0.1) is 11.0 Å². The second-order valence-electron chi connectivity index (χ2n) is 10.1. The summed E-state index contributed by atoms with van der Waals surface area (Å²) in [6, 6.07) is 4.06. The van der Waals surface area contributed by atoms with Crippen molar-refractivity contribution in [1.29, 1.82) is 0 Å². The van der Waals surface area contributed by atoms with Gasteiger partial charge >= 0.3 is 6.09 Å². The zero-order valence-corrected chi connectivity index (χ0v) is 21.2. The Morgan fingerprint density at radius 3 is 2.66 bits per heavy atom. The molecular weight excluding hydrogens is 466 g/mol. The summed E-state index contributed by atoms with van der Waals surface area (Å²) in [5, 5.41) is 12.7. The van der Waals surface area contributed by atoms with E-state index in [1.54, 1.807) is 0 Å². The lowest BCUT2D eigenvalue weighted by Crippen LogP contribution is -2.54. The van der Waals surface area contributed by atoms with E-state index in [9.17, 15) is 19.5 Å². The van der Waals surface area contributed by atoms with E-state index in [-0.39, 0.29) is 11.3 Å². The summed E-state index contributed by atoms with van der Waals surface area (Å²) in [5.41, 5.74) is 0.994. The van der Waals surface area contributed by atoms with Crippen molar-refractivity contribution in [2.24, 2.45) is 5.41 Å². The topological polar surface area (TPSA) is 106 Å². The number of nitrogens with zero attached hydrogens (tertiary/aromatic N) is 4. The van der Waals surface area contributed by atoms with E-state index in [2.05, 4.69) is 22.1 Å².